The Balaban J connectivity index is 2.31. The third-order valence-corrected chi connectivity index (χ3v) is 3.11. The number of aryl methyl sites for hydroxylation is 2. The number of nitrogens with zero attached hydrogens (tertiary/aromatic N) is 4. The number of hydrogen-bond donors (Lipinski definition) is 1. The molecule has 2 aromatic rings. The average Bonchev–Trinajstić information content (AvgIpc) is 2.81. The molecule has 2 heterocycles. The summed E-state index contributed by atoms with van der Waals surface area (Å²) >= 11 is 0. The summed E-state index contributed by atoms with van der Waals surface area (Å²) in [5, 5.41) is 0. The maximum absolute atomic E-state index is 12.4. The average molecular weight is 307 g/mol. The van der Waals surface area contributed by atoms with Crippen molar-refractivity contribution in [2.75, 3.05) is 6.61 Å². The SMILES string of the molecule is C/C(N)=C/C(=O)OCCn1c(=O)c2c(ncn2C)n(C)c1=O. The highest BCUT2D eigenvalue weighted by molar-refractivity contribution is 5.82. The highest BCUT2D eigenvalue weighted by Crippen LogP contribution is 2.02. The fraction of sp³-hybridized carbons (Fsp3) is 0.385. The van der Waals surface area contributed by atoms with E-state index in [-0.39, 0.29) is 13.2 Å². The number of carbonyl (C=O) groups excluding carboxylic acids is 1. The molecule has 0 aliphatic carbocycles. The van der Waals surface area contributed by atoms with Crippen LogP contribution < -0.4 is 17.0 Å². The fourth-order valence-corrected chi connectivity index (χ4v) is 2.06. The van der Waals surface area contributed by atoms with Crippen molar-refractivity contribution in [1.82, 2.24) is 18.7 Å². The summed E-state index contributed by atoms with van der Waals surface area (Å²) in [6.45, 7) is 1.40. The number of aromatic nitrogens is 4. The first kappa shape index (κ1) is 15.5. The molecule has 2 N–H and O–H groups in total. The van der Waals surface area contributed by atoms with Crippen LogP contribution in [0.15, 0.2) is 27.7 Å². The second kappa shape index (κ2) is 5.88. The van der Waals surface area contributed by atoms with E-state index in [1.807, 2.05) is 0 Å². The molecule has 118 valence electrons. The van der Waals surface area contributed by atoms with Crippen molar-refractivity contribution in [3.8, 4) is 0 Å². The van der Waals surface area contributed by atoms with E-state index in [1.165, 1.54) is 17.9 Å². The van der Waals surface area contributed by atoms with Gasteiger partial charge in [-0.3, -0.25) is 13.9 Å². The molecular weight excluding hydrogens is 290 g/mol. The molecule has 0 amide bonds. The van der Waals surface area contributed by atoms with Crippen molar-refractivity contribution in [3.63, 3.8) is 0 Å². The van der Waals surface area contributed by atoms with Crippen LogP contribution in [0.3, 0.4) is 0 Å². The van der Waals surface area contributed by atoms with E-state index in [1.54, 1.807) is 18.5 Å². The molecule has 0 aliphatic heterocycles. The maximum Gasteiger partial charge on any atom is 0.332 e. The summed E-state index contributed by atoms with van der Waals surface area (Å²) in [5.41, 5.74) is 5.30. The van der Waals surface area contributed by atoms with Crippen molar-refractivity contribution in [3.05, 3.63) is 38.9 Å². The molecule has 0 saturated carbocycles. The summed E-state index contributed by atoms with van der Waals surface area (Å²) in [6.07, 6.45) is 2.59. The molecule has 9 heteroatoms. The van der Waals surface area contributed by atoms with Gasteiger partial charge in [0.05, 0.1) is 12.9 Å². The molecule has 22 heavy (non-hydrogen) atoms. The number of esters is 1. The van der Waals surface area contributed by atoms with Gasteiger partial charge in [0.1, 0.15) is 6.61 Å². The topological polar surface area (TPSA) is 114 Å². The highest BCUT2D eigenvalue weighted by Gasteiger charge is 2.14. The summed E-state index contributed by atoms with van der Waals surface area (Å²) < 4.78 is 8.74. The van der Waals surface area contributed by atoms with Crippen LogP contribution in [0.1, 0.15) is 6.92 Å². The van der Waals surface area contributed by atoms with Gasteiger partial charge in [-0.15, -0.1) is 0 Å². The Morgan fingerprint density at radius 3 is 2.73 bits per heavy atom. The smallest absolute Gasteiger partial charge is 0.332 e. The van der Waals surface area contributed by atoms with E-state index in [4.69, 9.17) is 10.5 Å². The Bertz CT molecular complexity index is 867. The predicted octanol–water partition coefficient (Wildman–Crippen LogP) is -1.16. The Kier molecular flexibility index (Phi) is 4.15. The van der Waals surface area contributed by atoms with Crippen LogP contribution in [0.2, 0.25) is 0 Å². The summed E-state index contributed by atoms with van der Waals surface area (Å²) in [7, 11) is 3.19. The fourth-order valence-electron chi connectivity index (χ4n) is 2.06. The van der Waals surface area contributed by atoms with Crippen LogP contribution in [0.5, 0.6) is 0 Å². The van der Waals surface area contributed by atoms with Crippen LogP contribution in [-0.2, 0) is 30.2 Å². The number of allylic oxidation sites excluding steroid dienone is 1. The lowest BCUT2D eigenvalue weighted by Gasteiger charge is -2.08. The van der Waals surface area contributed by atoms with Crippen molar-refractivity contribution < 1.29 is 9.53 Å². The monoisotopic (exact) mass is 307 g/mol. The zero-order valence-corrected chi connectivity index (χ0v) is 12.6. The number of carbonyl (C=O) groups is 1. The van der Waals surface area contributed by atoms with E-state index in [0.717, 1.165) is 10.6 Å². The van der Waals surface area contributed by atoms with Crippen LogP contribution in [0.4, 0.5) is 0 Å². The zero-order chi connectivity index (χ0) is 16.4. The molecular formula is C13H17N5O4. The minimum atomic E-state index is -0.619. The minimum absolute atomic E-state index is 0.0458. The Morgan fingerprint density at radius 2 is 2.09 bits per heavy atom. The minimum Gasteiger partial charge on any atom is -0.461 e. The summed E-state index contributed by atoms with van der Waals surface area (Å²) in [5.74, 6) is -0.619. The van der Waals surface area contributed by atoms with E-state index in [0.29, 0.717) is 16.9 Å². The Morgan fingerprint density at radius 1 is 1.41 bits per heavy atom. The first-order chi connectivity index (χ1) is 10.3. The van der Waals surface area contributed by atoms with E-state index in [9.17, 15) is 14.4 Å². The van der Waals surface area contributed by atoms with Gasteiger partial charge in [-0.05, 0) is 6.92 Å². The molecule has 0 radical (unpaired) electrons. The number of ether oxygens (including phenoxy) is 1. The summed E-state index contributed by atoms with van der Waals surface area (Å²) in [6, 6.07) is 0. The maximum atomic E-state index is 12.4. The molecule has 9 nitrogen and oxygen atoms in total. The molecule has 0 spiro atoms. The third kappa shape index (κ3) is 2.78. The van der Waals surface area contributed by atoms with Crippen molar-refractivity contribution in [2.45, 2.75) is 13.5 Å². The zero-order valence-electron chi connectivity index (χ0n) is 12.6. The molecule has 0 aromatic carbocycles. The summed E-state index contributed by atoms with van der Waals surface area (Å²) in [4.78, 5) is 39.9. The standard InChI is InChI=1S/C13H17N5O4/c1-8(14)6-9(19)22-5-4-18-12(20)10-11(15-7-16(10)2)17(3)13(18)21/h6-7H,4-5,14H2,1-3H3/b8-6-. The number of rotatable bonds is 4. The lowest BCUT2D eigenvalue weighted by atomic mass is 10.4. The molecule has 2 rings (SSSR count). The lowest BCUT2D eigenvalue weighted by molar-refractivity contribution is -0.138. The molecule has 0 bridgehead atoms. The van der Waals surface area contributed by atoms with Gasteiger partial charge in [-0.1, -0.05) is 0 Å². The second-order valence-corrected chi connectivity index (χ2v) is 4.88. The molecule has 0 fully saturated rings. The second-order valence-electron chi connectivity index (χ2n) is 4.88. The van der Waals surface area contributed by atoms with Crippen LogP contribution >= 0.6 is 0 Å². The normalized spacial score (nSPS) is 11.9. The van der Waals surface area contributed by atoms with Gasteiger partial charge in [-0.2, -0.15) is 0 Å². The van der Waals surface area contributed by atoms with Gasteiger partial charge in [0.2, 0.25) is 0 Å². The van der Waals surface area contributed by atoms with Crippen LogP contribution in [0.25, 0.3) is 11.2 Å². The Labute approximate surface area is 125 Å². The van der Waals surface area contributed by atoms with E-state index in [2.05, 4.69) is 4.98 Å². The van der Waals surface area contributed by atoms with Gasteiger partial charge in [-0.25, -0.2) is 14.6 Å². The van der Waals surface area contributed by atoms with Crippen LogP contribution in [0, 0.1) is 0 Å². The lowest BCUT2D eigenvalue weighted by Crippen LogP contribution is -2.40. The number of nitrogens with two attached hydrogens (primary N) is 1. The van der Waals surface area contributed by atoms with Gasteiger partial charge in [0.25, 0.3) is 5.56 Å². The number of fused-ring (bicyclic) bond motifs is 1. The Hall–Kier alpha value is -2.84. The molecule has 0 unspecified atom stereocenters. The van der Waals surface area contributed by atoms with Crippen molar-refractivity contribution in [1.29, 1.82) is 0 Å². The highest BCUT2D eigenvalue weighted by atomic mass is 16.5. The molecule has 0 aliphatic rings. The quantitative estimate of drug-likeness (QED) is 0.563. The van der Waals surface area contributed by atoms with E-state index >= 15 is 0 Å². The van der Waals surface area contributed by atoms with Gasteiger partial charge in [0, 0.05) is 25.9 Å². The molecule has 2 aromatic heterocycles. The predicted molar refractivity (Wildman–Crippen MR) is 79.1 cm³/mol. The number of hydrogen-bond acceptors (Lipinski definition) is 6. The van der Waals surface area contributed by atoms with Gasteiger partial charge < -0.3 is 15.0 Å². The van der Waals surface area contributed by atoms with E-state index < -0.39 is 17.2 Å². The number of imidazole rings is 1. The first-order valence-corrected chi connectivity index (χ1v) is 6.54. The molecule has 0 atom stereocenters. The van der Waals surface area contributed by atoms with Gasteiger partial charge >= 0.3 is 11.7 Å². The van der Waals surface area contributed by atoms with Crippen molar-refractivity contribution >= 4 is 17.1 Å². The first-order valence-electron chi connectivity index (χ1n) is 6.54. The third-order valence-electron chi connectivity index (χ3n) is 3.11. The van der Waals surface area contributed by atoms with Crippen LogP contribution in [-0.4, -0.2) is 31.3 Å². The van der Waals surface area contributed by atoms with Crippen molar-refractivity contribution in [2.24, 2.45) is 19.8 Å². The molecule has 0 saturated heterocycles. The van der Waals surface area contributed by atoms with Gasteiger partial charge in [0.15, 0.2) is 11.2 Å². The largest absolute Gasteiger partial charge is 0.461 e.